The highest BCUT2D eigenvalue weighted by molar-refractivity contribution is 5.94. The minimum absolute atomic E-state index is 0. The van der Waals surface area contributed by atoms with Crippen molar-refractivity contribution in [3.8, 4) is 23.0 Å². The number of halogens is 5. The number of rotatable bonds is 14. The van der Waals surface area contributed by atoms with Gasteiger partial charge < -0.3 is 34.7 Å². The van der Waals surface area contributed by atoms with Gasteiger partial charge in [-0.2, -0.15) is 8.78 Å². The molecule has 266 valence electrons. The molecule has 1 aliphatic carbocycles. The van der Waals surface area contributed by atoms with Crippen molar-refractivity contribution >= 4 is 30.1 Å². The highest BCUT2D eigenvalue weighted by Crippen LogP contribution is 2.35. The Kier molecular flexibility index (Phi) is 12.9. The Bertz CT molecular complexity index is 1630. The molecule has 16 heteroatoms. The lowest BCUT2D eigenvalue weighted by molar-refractivity contribution is -0.140. The molecular weight excluding hydrogens is 674 g/mol. The molecule has 2 aliphatic rings. The second-order valence-corrected chi connectivity index (χ2v) is 11.8. The average Bonchev–Trinajstić information content (AvgIpc) is 3.81. The standard InChI is InChI=1S/C33H37F4N5O6.ClH/c1-19(38)29-28(30(44)39-18-22-7-9-23(34)17-24(22)35)40-31(48-29)21-8-10-25(47-33(36)37)26(16-21)46-15-3-2-4-27(43)41-11-13-42(14-12-41)32(45)20-5-6-20;/h7-10,16-17,19-20,33H,2-6,11-15,18,38H2,1H3,(H,39,44);1H. The molecule has 2 heterocycles. The molecule has 1 aromatic heterocycles. The van der Waals surface area contributed by atoms with Crippen LogP contribution in [0.3, 0.4) is 0 Å². The molecule has 1 unspecified atom stereocenters. The van der Waals surface area contributed by atoms with Gasteiger partial charge in [-0.15, -0.1) is 12.4 Å². The maximum Gasteiger partial charge on any atom is 0.387 e. The number of carbonyl (C=O) groups is 3. The molecule has 49 heavy (non-hydrogen) atoms. The molecule has 1 saturated carbocycles. The highest BCUT2D eigenvalue weighted by Gasteiger charge is 2.35. The first-order valence-electron chi connectivity index (χ1n) is 15.8. The predicted octanol–water partition coefficient (Wildman–Crippen LogP) is 5.22. The van der Waals surface area contributed by atoms with E-state index in [2.05, 4.69) is 15.0 Å². The number of benzene rings is 2. The van der Waals surface area contributed by atoms with E-state index in [0.717, 1.165) is 18.9 Å². The number of alkyl halides is 2. The first-order valence-corrected chi connectivity index (χ1v) is 15.8. The largest absolute Gasteiger partial charge is 0.490 e. The van der Waals surface area contributed by atoms with Crippen LogP contribution in [-0.4, -0.2) is 71.9 Å². The molecule has 3 amide bonds. The molecule has 2 aromatic carbocycles. The van der Waals surface area contributed by atoms with Crippen LogP contribution in [0.5, 0.6) is 11.5 Å². The van der Waals surface area contributed by atoms with Crippen molar-refractivity contribution in [3.63, 3.8) is 0 Å². The third-order valence-corrected chi connectivity index (χ3v) is 8.06. The molecule has 3 aromatic rings. The van der Waals surface area contributed by atoms with Crippen molar-refractivity contribution in [3.05, 3.63) is 65.1 Å². The SMILES string of the molecule is CC(N)c1oc(-c2ccc(OC(F)F)c(OCCCCC(=O)N3CCN(C(=O)C4CC4)CC3)c2)nc1C(=O)NCc1ccc(F)cc1F.Cl. The summed E-state index contributed by atoms with van der Waals surface area (Å²) in [6.07, 6.45) is 3.09. The van der Waals surface area contributed by atoms with Crippen molar-refractivity contribution < 1.29 is 45.8 Å². The molecule has 0 spiro atoms. The Morgan fingerprint density at radius 2 is 1.73 bits per heavy atom. The first kappa shape index (κ1) is 37.4. The number of nitrogens with zero attached hydrogens (tertiary/aromatic N) is 3. The number of hydrogen-bond donors (Lipinski definition) is 2. The van der Waals surface area contributed by atoms with Gasteiger partial charge in [0.15, 0.2) is 23.0 Å². The van der Waals surface area contributed by atoms with Crippen LogP contribution >= 0.6 is 12.4 Å². The van der Waals surface area contributed by atoms with Crippen LogP contribution in [0, 0.1) is 17.6 Å². The van der Waals surface area contributed by atoms with E-state index >= 15 is 0 Å². The van der Waals surface area contributed by atoms with Crippen molar-refractivity contribution in [1.82, 2.24) is 20.1 Å². The Hall–Kier alpha value is -4.37. The Morgan fingerprint density at radius 3 is 2.39 bits per heavy atom. The van der Waals surface area contributed by atoms with Crippen molar-refractivity contribution in [2.24, 2.45) is 11.7 Å². The molecule has 2 fully saturated rings. The van der Waals surface area contributed by atoms with Crippen molar-refractivity contribution in [2.45, 2.75) is 58.2 Å². The number of nitrogens with one attached hydrogen (secondary N) is 1. The summed E-state index contributed by atoms with van der Waals surface area (Å²) in [4.78, 5) is 45.7. The number of unbranched alkanes of at least 4 members (excludes halogenated alkanes) is 1. The van der Waals surface area contributed by atoms with Gasteiger partial charge in [0.2, 0.25) is 17.7 Å². The Morgan fingerprint density at radius 1 is 1.02 bits per heavy atom. The number of piperazine rings is 1. The number of carbonyl (C=O) groups excluding carboxylic acids is 3. The maximum atomic E-state index is 14.0. The lowest BCUT2D eigenvalue weighted by Gasteiger charge is -2.35. The number of hydrogen-bond acceptors (Lipinski definition) is 8. The predicted molar refractivity (Wildman–Crippen MR) is 171 cm³/mol. The maximum absolute atomic E-state index is 14.0. The van der Waals surface area contributed by atoms with Crippen LogP contribution in [0.1, 0.15) is 66.9 Å². The van der Waals surface area contributed by atoms with E-state index in [4.69, 9.17) is 14.9 Å². The third kappa shape index (κ3) is 9.85. The van der Waals surface area contributed by atoms with Gasteiger partial charge in [-0.05, 0) is 56.9 Å². The van der Waals surface area contributed by atoms with Gasteiger partial charge in [-0.1, -0.05) is 6.07 Å². The molecule has 0 bridgehead atoms. The summed E-state index contributed by atoms with van der Waals surface area (Å²) in [7, 11) is 0. The van der Waals surface area contributed by atoms with E-state index in [0.29, 0.717) is 45.1 Å². The number of ether oxygens (including phenoxy) is 2. The molecular formula is C33H38ClF4N5O6. The van der Waals surface area contributed by atoms with Crippen molar-refractivity contribution in [1.29, 1.82) is 0 Å². The zero-order chi connectivity index (χ0) is 34.4. The topological polar surface area (TPSA) is 140 Å². The summed E-state index contributed by atoms with van der Waals surface area (Å²) in [6, 6.07) is 6.22. The summed E-state index contributed by atoms with van der Waals surface area (Å²) < 4.78 is 69.7. The summed E-state index contributed by atoms with van der Waals surface area (Å²) in [5.41, 5.74) is 6.16. The van der Waals surface area contributed by atoms with Gasteiger partial charge in [-0.25, -0.2) is 13.8 Å². The number of nitrogens with two attached hydrogens (primary N) is 1. The highest BCUT2D eigenvalue weighted by atomic mass is 35.5. The molecule has 5 rings (SSSR count). The van der Waals surface area contributed by atoms with Gasteiger partial charge >= 0.3 is 6.61 Å². The van der Waals surface area contributed by atoms with Crippen LogP contribution < -0.4 is 20.5 Å². The molecule has 11 nitrogen and oxygen atoms in total. The monoisotopic (exact) mass is 711 g/mol. The molecule has 0 radical (unpaired) electrons. The minimum Gasteiger partial charge on any atom is -0.490 e. The average molecular weight is 712 g/mol. The molecule has 3 N–H and O–H groups in total. The summed E-state index contributed by atoms with van der Waals surface area (Å²) in [6.45, 7) is 0.334. The fourth-order valence-corrected chi connectivity index (χ4v) is 5.28. The summed E-state index contributed by atoms with van der Waals surface area (Å²) in [5.74, 6) is -2.29. The fraction of sp³-hybridized carbons (Fsp3) is 0.455. The smallest absolute Gasteiger partial charge is 0.387 e. The van der Waals surface area contributed by atoms with Crippen LogP contribution in [0.4, 0.5) is 17.6 Å². The first-order chi connectivity index (χ1) is 23.0. The van der Waals surface area contributed by atoms with E-state index in [1.807, 2.05) is 4.90 Å². The lowest BCUT2D eigenvalue weighted by atomic mass is 10.2. The fourth-order valence-electron chi connectivity index (χ4n) is 5.28. The zero-order valence-electron chi connectivity index (χ0n) is 26.8. The van der Waals surface area contributed by atoms with E-state index in [9.17, 15) is 31.9 Å². The van der Waals surface area contributed by atoms with E-state index < -0.39 is 30.2 Å². The van der Waals surface area contributed by atoms with Crippen LogP contribution in [0.15, 0.2) is 40.8 Å². The molecule has 1 aliphatic heterocycles. The van der Waals surface area contributed by atoms with Crippen molar-refractivity contribution in [2.75, 3.05) is 32.8 Å². The van der Waals surface area contributed by atoms with Gasteiger partial charge in [0.25, 0.3) is 5.91 Å². The van der Waals surface area contributed by atoms with Gasteiger partial charge in [0.05, 0.1) is 12.6 Å². The Balaban J connectivity index is 0.00000541. The van der Waals surface area contributed by atoms with E-state index in [-0.39, 0.29) is 89.7 Å². The van der Waals surface area contributed by atoms with E-state index in [1.54, 1.807) is 11.8 Å². The number of aromatic nitrogens is 1. The normalized spacial score (nSPS) is 15.1. The molecule has 1 saturated heterocycles. The van der Waals surface area contributed by atoms with Gasteiger partial charge in [-0.3, -0.25) is 14.4 Å². The third-order valence-electron chi connectivity index (χ3n) is 8.06. The summed E-state index contributed by atoms with van der Waals surface area (Å²) in [5, 5.41) is 2.51. The summed E-state index contributed by atoms with van der Waals surface area (Å²) >= 11 is 0. The minimum atomic E-state index is -3.12. The second kappa shape index (κ2) is 16.8. The Labute approximate surface area is 286 Å². The van der Waals surface area contributed by atoms with Crippen LogP contribution in [0.25, 0.3) is 11.5 Å². The quantitative estimate of drug-likeness (QED) is 0.171. The number of amides is 3. The van der Waals surface area contributed by atoms with Gasteiger partial charge in [0.1, 0.15) is 11.6 Å². The molecule has 1 atom stereocenters. The van der Waals surface area contributed by atoms with Crippen LogP contribution in [-0.2, 0) is 16.1 Å². The lowest BCUT2D eigenvalue weighted by Crippen LogP contribution is -2.51. The van der Waals surface area contributed by atoms with E-state index in [1.165, 1.54) is 24.3 Å². The zero-order valence-corrected chi connectivity index (χ0v) is 27.6. The second-order valence-electron chi connectivity index (χ2n) is 11.8. The van der Waals surface area contributed by atoms with Gasteiger partial charge in [0, 0.05) is 62.3 Å². The number of oxazole rings is 1. The van der Waals surface area contributed by atoms with Crippen LogP contribution in [0.2, 0.25) is 0 Å².